The van der Waals surface area contributed by atoms with Gasteiger partial charge in [0.1, 0.15) is 0 Å². The minimum atomic E-state index is -4.57. The molecule has 1 aliphatic carbocycles. The number of hydrogen-bond acceptors (Lipinski definition) is 4. The van der Waals surface area contributed by atoms with E-state index < -0.39 is 37.9 Å². The Hall–Kier alpha value is -2.19. The molecule has 0 aromatic carbocycles. The second-order valence-corrected chi connectivity index (χ2v) is 9.43. The second kappa shape index (κ2) is 7.59. The summed E-state index contributed by atoms with van der Waals surface area (Å²) in [6, 6.07) is 0. The predicted octanol–water partition coefficient (Wildman–Crippen LogP) is 2.01. The van der Waals surface area contributed by atoms with Gasteiger partial charge in [-0.05, 0) is 71.9 Å². The maximum Gasteiger partial charge on any atom is 0.294 e. The number of amides is 2. The van der Waals surface area contributed by atoms with Crippen LogP contribution in [0.5, 0.6) is 0 Å². The Bertz CT molecular complexity index is 817. The van der Waals surface area contributed by atoms with Gasteiger partial charge in [0, 0.05) is 22.2 Å². The molecule has 0 bridgehead atoms. The molecule has 0 aliphatic heterocycles. The van der Waals surface area contributed by atoms with Gasteiger partial charge < -0.3 is 10.6 Å². The van der Waals surface area contributed by atoms with Crippen LogP contribution in [0.4, 0.5) is 0 Å². The Morgan fingerprint density at radius 2 is 1.27 bits per heavy atom. The Labute approximate surface area is 154 Å². The predicted molar refractivity (Wildman–Crippen MR) is 101 cm³/mol. The molecule has 0 spiro atoms. The molecule has 144 valence electrons. The molecule has 0 aromatic heterocycles. The lowest BCUT2D eigenvalue weighted by Crippen LogP contribution is -2.41. The van der Waals surface area contributed by atoms with Crippen molar-refractivity contribution in [2.75, 3.05) is 0 Å². The quantitative estimate of drug-likeness (QED) is 0.646. The van der Waals surface area contributed by atoms with Crippen molar-refractivity contribution >= 4 is 21.9 Å². The van der Waals surface area contributed by atoms with Crippen molar-refractivity contribution in [3.63, 3.8) is 0 Å². The van der Waals surface area contributed by atoms with Crippen molar-refractivity contribution in [1.82, 2.24) is 10.6 Å². The summed E-state index contributed by atoms with van der Waals surface area (Å²) in [5.74, 6) is -0.960. The van der Waals surface area contributed by atoms with Crippen LogP contribution in [0, 0.1) is 0 Å². The van der Waals surface area contributed by atoms with Crippen LogP contribution in [-0.2, 0) is 19.7 Å². The Morgan fingerprint density at radius 3 is 1.69 bits per heavy atom. The number of carbonyl (C=O) groups excluding carboxylic acids is 2. The fourth-order valence-corrected chi connectivity index (χ4v) is 2.45. The first-order valence-corrected chi connectivity index (χ1v) is 9.47. The molecule has 0 fully saturated rings. The van der Waals surface area contributed by atoms with Gasteiger partial charge in [0.25, 0.3) is 21.9 Å². The number of carbonyl (C=O) groups is 2. The molecule has 0 radical (unpaired) electrons. The van der Waals surface area contributed by atoms with Gasteiger partial charge in [-0.3, -0.25) is 14.1 Å². The highest BCUT2D eigenvalue weighted by atomic mass is 32.2. The van der Waals surface area contributed by atoms with Gasteiger partial charge in [-0.1, -0.05) is 0 Å². The third-order valence-electron chi connectivity index (χ3n) is 2.97. The molecule has 2 amide bonds. The maximum absolute atomic E-state index is 12.4. The van der Waals surface area contributed by atoms with Gasteiger partial charge in [-0.2, -0.15) is 8.42 Å². The van der Waals surface area contributed by atoms with Crippen LogP contribution in [0.2, 0.25) is 0 Å². The first kappa shape index (κ1) is 21.9. The Balaban J connectivity index is 3.35. The van der Waals surface area contributed by atoms with Crippen molar-refractivity contribution in [2.24, 2.45) is 0 Å². The summed E-state index contributed by atoms with van der Waals surface area (Å²) < 4.78 is 32.5. The summed E-state index contributed by atoms with van der Waals surface area (Å²) in [6.45, 7) is 10.7. The zero-order valence-corrected chi connectivity index (χ0v) is 16.7. The van der Waals surface area contributed by atoms with Crippen LogP contribution in [-0.4, -0.2) is 35.9 Å². The third-order valence-corrected chi connectivity index (χ3v) is 3.82. The topological polar surface area (TPSA) is 113 Å². The van der Waals surface area contributed by atoms with Crippen LogP contribution in [0.1, 0.15) is 41.5 Å². The van der Waals surface area contributed by atoms with Crippen molar-refractivity contribution in [2.45, 2.75) is 52.6 Å². The zero-order valence-electron chi connectivity index (χ0n) is 15.9. The molecule has 7 nitrogen and oxygen atoms in total. The molecule has 0 heterocycles. The monoisotopic (exact) mass is 382 g/mol. The van der Waals surface area contributed by atoms with E-state index in [0.29, 0.717) is 0 Å². The van der Waals surface area contributed by atoms with Gasteiger partial charge in [0.05, 0.1) is 4.91 Å². The van der Waals surface area contributed by atoms with Crippen LogP contribution in [0.15, 0.2) is 46.4 Å². The number of allylic oxidation sites excluding steroid dienone is 3. The molecule has 1 aliphatic rings. The molecule has 0 unspecified atom stereocenters. The molecular weight excluding hydrogens is 356 g/mol. The standard InChI is InChI=1S/C18H26N2O5S/c1-17(2,3)19-15(21)12-7-8-13(16(22)20-18(4,5)6)11-14(10-9-12)26(23,24)25/h7-11H,1-6H3,(H,19,21)(H,20,22)(H,23,24,25)/b8-7-,10-9?,12-7?,12-9+,13-8?,13-11+,14-10+,14-11?. The first-order chi connectivity index (χ1) is 11.6. The average Bonchev–Trinajstić information content (AvgIpc) is 2.32. The SMILES string of the molecule is CC(C)(C)NC(=O)C1=C/C=C(S(=O)(=O)O)\C=C(C(=O)NC(C)(C)C)/C=C\1. The van der Waals surface area contributed by atoms with E-state index >= 15 is 0 Å². The summed E-state index contributed by atoms with van der Waals surface area (Å²) in [4.78, 5) is 24.3. The molecule has 0 saturated heterocycles. The second-order valence-electron chi connectivity index (χ2n) is 8.01. The lowest BCUT2D eigenvalue weighted by molar-refractivity contribution is -0.119. The van der Waals surface area contributed by atoms with Crippen molar-refractivity contribution in [3.8, 4) is 0 Å². The van der Waals surface area contributed by atoms with E-state index in [1.807, 2.05) is 0 Å². The number of hydrogen-bond donors (Lipinski definition) is 3. The minimum Gasteiger partial charge on any atom is -0.347 e. The van der Waals surface area contributed by atoms with Crippen molar-refractivity contribution in [1.29, 1.82) is 0 Å². The van der Waals surface area contributed by atoms with E-state index in [-0.39, 0.29) is 11.1 Å². The summed E-state index contributed by atoms with van der Waals surface area (Å²) in [5.41, 5.74) is -0.891. The lowest BCUT2D eigenvalue weighted by atomic mass is 10.0. The highest BCUT2D eigenvalue weighted by Crippen LogP contribution is 2.17. The maximum atomic E-state index is 12.4. The van der Waals surface area contributed by atoms with E-state index in [1.165, 1.54) is 18.2 Å². The molecule has 26 heavy (non-hydrogen) atoms. The normalized spacial score (nSPS) is 23.1. The molecule has 8 heteroatoms. The van der Waals surface area contributed by atoms with Gasteiger partial charge >= 0.3 is 0 Å². The van der Waals surface area contributed by atoms with Crippen LogP contribution < -0.4 is 10.6 Å². The largest absolute Gasteiger partial charge is 0.347 e. The van der Waals surface area contributed by atoms with E-state index in [2.05, 4.69) is 10.6 Å². The summed E-state index contributed by atoms with van der Waals surface area (Å²) in [7, 11) is -4.57. The minimum absolute atomic E-state index is 0.00189. The van der Waals surface area contributed by atoms with E-state index in [9.17, 15) is 22.6 Å². The van der Waals surface area contributed by atoms with Gasteiger partial charge in [0.2, 0.25) is 0 Å². The van der Waals surface area contributed by atoms with Crippen LogP contribution in [0.3, 0.4) is 0 Å². The highest BCUT2D eigenvalue weighted by Gasteiger charge is 2.21. The summed E-state index contributed by atoms with van der Waals surface area (Å²) >= 11 is 0. The fraction of sp³-hybridized carbons (Fsp3) is 0.444. The van der Waals surface area contributed by atoms with Gasteiger partial charge in [0.15, 0.2) is 0 Å². The van der Waals surface area contributed by atoms with Crippen molar-refractivity contribution < 1.29 is 22.6 Å². The number of nitrogens with one attached hydrogen (secondary N) is 2. The van der Waals surface area contributed by atoms with E-state index in [4.69, 9.17) is 0 Å². The smallest absolute Gasteiger partial charge is 0.294 e. The highest BCUT2D eigenvalue weighted by molar-refractivity contribution is 7.90. The van der Waals surface area contributed by atoms with E-state index in [1.54, 1.807) is 41.5 Å². The van der Waals surface area contributed by atoms with Gasteiger partial charge in [-0.15, -0.1) is 0 Å². The summed E-state index contributed by atoms with van der Waals surface area (Å²) in [6.07, 6.45) is 6.18. The van der Waals surface area contributed by atoms with Crippen LogP contribution in [0.25, 0.3) is 0 Å². The lowest BCUT2D eigenvalue weighted by Gasteiger charge is -2.22. The zero-order chi connectivity index (χ0) is 20.3. The van der Waals surface area contributed by atoms with Gasteiger partial charge in [-0.25, -0.2) is 0 Å². The number of rotatable bonds is 3. The molecule has 1 rings (SSSR count). The Kier molecular flexibility index (Phi) is 6.38. The van der Waals surface area contributed by atoms with Crippen LogP contribution >= 0.6 is 0 Å². The molecular formula is C18H26N2O5S. The van der Waals surface area contributed by atoms with Crippen molar-refractivity contribution in [3.05, 3.63) is 46.4 Å². The average molecular weight is 382 g/mol. The Morgan fingerprint density at radius 1 is 0.846 bits per heavy atom. The fourth-order valence-electron chi connectivity index (χ4n) is 1.94. The first-order valence-electron chi connectivity index (χ1n) is 8.03. The molecule has 3 N–H and O–H groups in total. The molecule has 0 saturated carbocycles. The summed E-state index contributed by atoms with van der Waals surface area (Å²) in [5, 5.41) is 5.46. The van der Waals surface area contributed by atoms with E-state index in [0.717, 1.165) is 12.2 Å². The third kappa shape index (κ3) is 7.37. The molecule has 0 atom stereocenters. The molecule has 0 aromatic rings.